The molecule has 122 valence electrons. The third-order valence-electron chi connectivity index (χ3n) is 3.67. The maximum absolute atomic E-state index is 12.2. The van der Waals surface area contributed by atoms with Gasteiger partial charge in [-0.25, -0.2) is 8.42 Å². The van der Waals surface area contributed by atoms with E-state index in [4.69, 9.17) is 0 Å². The number of hydrogen-bond acceptors (Lipinski definition) is 3. The van der Waals surface area contributed by atoms with Crippen LogP contribution in [0, 0.1) is 5.92 Å². The van der Waals surface area contributed by atoms with Crippen LogP contribution in [-0.4, -0.2) is 20.1 Å². The molecule has 0 bridgehead atoms. The van der Waals surface area contributed by atoms with Crippen LogP contribution in [-0.2, 0) is 21.1 Å². The van der Waals surface area contributed by atoms with Crippen LogP contribution in [0.25, 0.3) is 0 Å². The Labute approximate surface area is 137 Å². The Kier molecular flexibility index (Phi) is 5.55. The average molecular weight is 331 g/mol. The summed E-state index contributed by atoms with van der Waals surface area (Å²) in [5.41, 5.74) is 1.60. The van der Waals surface area contributed by atoms with Gasteiger partial charge in [0.2, 0.25) is 5.91 Å². The van der Waals surface area contributed by atoms with E-state index in [1.165, 1.54) is 0 Å². The molecule has 2 aromatic carbocycles. The Balaban J connectivity index is 2.07. The molecule has 2 rings (SSSR count). The first-order valence-corrected chi connectivity index (χ1v) is 9.25. The molecule has 5 heteroatoms. The van der Waals surface area contributed by atoms with E-state index in [0.717, 1.165) is 11.3 Å². The molecule has 2 aromatic rings. The van der Waals surface area contributed by atoms with Crippen LogP contribution in [0.15, 0.2) is 59.5 Å². The van der Waals surface area contributed by atoms with Crippen molar-refractivity contribution in [2.45, 2.75) is 25.2 Å². The summed E-state index contributed by atoms with van der Waals surface area (Å²) in [5.74, 6) is -0.268. The lowest BCUT2D eigenvalue weighted by Crippen LogP contribution is -2.22. The van der Waals surface area contributed by atoms with Gasteiger partial charge >= 0.3 is 0 Å². The van der Waals surface area contributed by atoms with Gasteiger partial charge in [0.15, 0.2) is 9.84 Å². The van der Waals surface area contributed by atoms with Crippen molar-refractivity contribution in [2.24, 2.45) is 5.92 Å². The molecule has 23 heavy (non-hydrogen) atoms. The molecule has 0 aliphatic rings. The highest BCUT2D eigenvalue weighted by Gasteiger charge is 2.16. The van der Waals surface area contributed by atoms with E-state index < -0.39 is 9.84 Å². The fourth-order valence-electron chi connectivity index (χ4n) is 2.27. The number of para-hydroxylation sites is 1. The SMILES string of the molecule is CCS(=O)(=O)c1cccc(CC(C)C(=O)Nc2ccccc2)c1. The summed E-state index contributed by atoms with van der Waals surface area (Å²) in [6.45, 7) is 3.46. The molecule has 0 saturated heterocycles. The second-order valence-corrected chi connectivity index (χ2v) is 7.79. The minimum absolute atomic E-state index is 0.0699. The van der Waals surface area contributed by atoms with Crippen LogP contribution in [0.5, 0.6) is 0 Å². The minimum atomic E-state index is -3.23. The van der Waals surface area contributed by atoms with Gasteiger partial charge in [0.1, 0.15) is 0 Å². The Bertz CT molecular complexity index is 770. The van der Waals surface area contributed by atoms with Crippen molar-refractivity contribution in [1.82, 2.24) is 0 Å². The number of sulfone groups is 1. The molecule has 0 saturated carbocycles. The number of rotatable bonds is 6. The summed E-state index contributed by atoms with van der Waals surface area (Å²) in [4.78, 5) is 12.5. The highest BCUT2D eigenvalue weighted by molar-refractivity contribution is 7.91. The highest BCUT2D eigenvalue weighted by atomic mass is 32.2. The molecule has 0 aliphatic carbocycles. The van der Waals surface area contributed by atoms with Crippen molar-refractivity contribution in [1.29, 1.82) is 0 Å². The lowest BCUT2D eigenvalue weighted by Gasteiger charge is -2.13. The number of amides is 1. The number of hydrogen-bond donors (Lipinski definition) is 1. The Morgan fingerprint density at radius 1 is 1.09 bits per heavy atom. The lowest BCUT2D eigenvalue weighted by molar-refractivity contribution is -0.119. The number of carbonyl (C=O) groups excluding carboxylic acids is 1. The minimum Gasteiger partial charge on any atom is -0.326 e. The van der Waals surface area contributed by atoms with Crippen LogP contribution in [0.3, 0.4) is 0 Å². The summed E-state index contributed by atoms with van der Waals surface area (Å²) in [6, 6.07) is 16.1. The molecule has 0 fully saturated rings. The van der Waals surface area contributed by atoms with Crippen LogP contribution in [0.4, 0.5) is 5.69 Å². The topological polar surface area (TPSA) is 63.2 Å². The second kappa shape index (κ2) is 7.42. The van der Waals surface area contributed by atoms with Crippen LogP contribution in [0.1, 0.15) is 19.4 Å². The van der Waals surface area contributed by atoms with Gasteiger partial charge < -0.3 is 5.32 Å². The molecular weight excluding hydrogens is 310 g/mol. The molecule has 0 heterocycles. The fourth-order valence-corrected chi connectivity index (χ4v) is 3.22. The average Bonchev–Trinajstić information content (AvgIpc) is 2.56. The van der Waals surface area contributed by atoms with Crippen molar-refractivity contribution >= 4 is 21.4 Å². The van der Waals surface area contributed by atoms with Crippen molar-refractivity contribution in [3.8, 4) is 0 Å². The Morgan fingerprint density at radius 3 is 2.43 bits per heavy atom. The summed E-state index contributed by atoms with van der Waals surface area (Å²) < 4.78 is 23.9. The molecule has 0 aliphatic heterocycles. The lowest BCUT2D eigenvalue weighted by atomic mass is 10.0. The number of anilines is 1. The first kappa shape index (κ1) is 17.2. The van der Waals surface area contributed by atoms with Crippen molar-refractivity contribution < 1.29 is 13.2 Å². The smallest absolute Gasteiger partial charge is 0.227 e. The van der Waals surface area contributed by atoms with Crippen LogP contribution >= 0.6 is 0 Å². The molecule has 4 nitrogen and oxygen atoms in total. The predicted molar refractivity (Wildman–Crippen MR) is 92.1 cm³/mol. The van der Waals surface area contributed by atoms with Gasteiger partial charge in [0.05, 0.1) is 10.6 Å². The molecule has 0 aromatic heterocycles. The molecule has 1 unspecified atom stereocenters. The van der Waals surface area contributed by atoms with Gasteiger partial charge in [0.25, 0.3) is 0 Å². The Hall–Kier alpha value is -2.14. The zero-order valence-electron chi connectivity index (χ0n) is 13.3. The quantitative estimate of drug-likeness (QED) is 0.883. The standard InChI is InChI=1S/C18H21NO3S/c1-3-23(21,22)17-11-7-8-15(13-17)12-14(2)18(20)19-16-9-5-4-6-10-16/h4-11,13-14H,3,12H2,1-2H3,(H,19,20). The highest BCUT2D eigenvalue weighted by Crippen LogP contribution is 2.17. The van der Waals surface area contributed by atoms with Crippen molar-refractivity contribution in [3.63, 3.8) is 0 Å². The molecular formula is C18H21NO3S. The van der Waals surface area contributed by atoms with E-state index in [9.17, 15) is 13.2 Å². The van der Waals surface area contributed by atoms with Gasteiger partial charge in [-0.15, -0.1) is 0 Å². The molecule has 0 spiro atoms. The van der Waals surface area contributed by atoms with Gasteiger partial charge in [-0.2, -0.15) is 0 Å². The molecule has 1 N–H and O–H groups in total. The van der Waals surface area contributed by atoms with E-state index in [-0.39, 0.29) is 17.6 Å². The summed E-state index contributed by atoms with van der Waals surface area (Å²) in [6.07, 6.45) is 0.492. The number of nitrogens with one attached hydrogen (secondary N) is 1. The maximum Gasteiger partial charge on any atom is 0.227 e. The fraction of sp³-hybridized carbons (Fsp3) is 0.278. The summed E-state index contributed by atoms with van der Waals surface area (Å²) in [5, 5.41) is 2.86. The van der Waals surface area contributed by atoms with E-state index in [0.29, 0.717) is 11.3 Å². The van der Waals surface area contributed by atoms with Crippen LogP contribution < -0.4 is 5.32 Å². The van der Waals surface area contributed by atoms with E-state index in [2.05, 4.69) is 5.32 Å². The molecule has 1 atom stereocenters. The van der Waals surface area contributed by atoms with Gasteiger partial charge in [-0.1, -0.05) is 44.2 Å². The number of benzene rings is 2. The first-order valence-electron chi connectivity index (χ1n) is 7.60. The monoisotopic (exact) mass is 331 g/mol. The van der Waals surface area contributed by atoms with Crippen LogP contribution in [0.2, 0.25) is 0 Å². The Morgan fingerprint density at radius 2 is 1.78 bits per heavy atom. The third-order valence-corrected chi connectivity index (χ3v) is 5.40. The zero-order valence-corrected chi connectivity index (χ0v) is 14.1. The maximum atomic E-state index is 12.2. The zero-order chi connectivity index (χ0) is 16.9. The van der Waals surface area contributed by atoms with E-state index >= 15 is 0 Å². The van der Waals surface area contributed by atoms with E-state index in [1.807, 2.05) is 43.3 Å². The van der Waals surface area contributed by atoms with E-state index in [1.54, 1.807) is 25.1 Å². The first-order chi connectivity index (χ1) is 10.9. The predicted octanol–water partition coefficient (Wildman–Crippen LogP) is 3.30. The molecule has 1 amide bonds. The van der Waals surface area contributed by atoms with Gasteiger partial charge in [-0.05, 0) is 36.2 Å². The largest absolute Gasteiger partial charge is 0.326 e. The second-order valence-electron chi connectivity index (χ2n) is 5.51. The normalized spacial score (nSPS) is 12.6. The number of carbonyl (C=O) groups is 1. The van der Waals surface area contributed by atoms with Gasteiger partial charge in [-0.3, -0.25) is 4.79 Å². The third kappa shape index (κ3) is 4.66. The summed E-state index contributed by atoms with van der Waals surface area (Å²) >= 11 is 0. The molecule has 0 radical (unpaired) electrons. The van der Waals surface area contributed by atoms with Gasteiger partial charge in [0, 0.05) is 11.6 Å². The van der Waals surface area contributed by atoms with Crippen molar-refractivity contribution in [2.75, 3.05) is 11.1 Å². The van der Waals surface area contributed by atoms with Crippen molar-refractivity contribution in [3.05, 3.63) is 60.2 Å². The summed E-state index contributed by atoms with van der Waals surface area (Å²) in [7, 11) is -3.23.